The second kappa shape index (κ2) is 7.01. The van der Waals surface area contributed by atoms with Gasteiger partial charge >= 0.3 is 11.7 Å². The first-order chi connectivity index (χ1) is 11.7. The van der Waals surface area contributed by atoms with Crippen LogP contribution in [0.3, 0.4) is 0 Å². The van der Waals surface area contributed by atoms with Crippen LogP contribution in [0.5, 0.6) is 0 Å². The van der Waals surface area contributed by atoms with Crippen molar-refractivity contribution < 1.29 is 19.2 Å². The van der Waals surface area contributed by atoms with Crippen LogP contribution in [-0.4, -0.2) is 33.2 Å². The Morgan fingerprint density at radius 2 is 2.00 bits per heavy atom. The van der Waals surface area contributed by atoms with Crippen LogP contribution in [0.25, 0.3) is 0 Å². The van der Waals surface area contributed by atoms with Crippen molar-refractivity contribution in [2.45, 2.75) is 27.7 Å². The van der Waals surface area contributed by atoms with Gasteiger partial charge in [0.05, 0.1) is 17.1 Å². The van der Waals surface area contributed by atoms with Crippen LogP contribution in [-0.2, 0) is 11.8 Å². The highest BCUT2D eigenvalue weighted by Gasteiger charge is 2.30. The third kappa shape index (κ3) is 3.38. The Balaban J connectivity index is 2.43. The number of rotatable bonds is 5. The summed E-state index contributed by atoms with van der Waals surface area (Å²) < 4.78 is 6.29. The number of carbonyl (C=O) groups excluding carboxylic acids is 2. The van der Waals surface area contributed by atoms with Gasteiger partial charge in [-0.3, -0.25) is 19.6 Å². The third-order valence-corrected chi connectivity index (χ3v) is 4.91. The first-order valence-electron chi connectivity index (χ1n) is 7.45. The largest absolute Gasteiger partial charge is 0.462 e. The molecule has 25 heavy (non-hydrogen) atoms. The number of carbonyl (C=O) groups is 2. The fourth-order valence-electron chi connectivity index (χ4n) is 2.29. The van der Waals surface area contributed by atoms with Gasteiger partial charge in [0.25, 0.3) is 5.91 Å². The van der Waals surface area contributed by atoms with E-state index < -0.39 is 16.8 Å². The topological polar surface area (TPSA) is 116 Å². The van der Waals surface area contributed by atoms with E-state index in [4.69, 9.17) is 4.74 Å². The minimum atomic E-state index is -0.748. The maximum Gasteiger partial charge on any atom is 0.341 e. The lowest BCUT2D eigenvalue weighted by Crippen LogP contribution is -2.16. The van der Waals surface area contributed by atoms with E-state index in [1.165, 1.54) is 30.0 Å². The average molecular weight is 366 g/mol. The minimum Gasteiger partial charge on any atom is -0.462 e. The molecule has 0 fully saturated rings. The van der Waals surface area contributed by atoms with Crippen LogP contribution in [0.1, 0.15) is 43.9 Å². The zero-order valence-corrected chi connectivity index (χ0v) is 15.3. The van der Waals surface area contributed by atoms with Crippen LogP contribution in [0.4, 0.5) is 10.7 Å². The van der Waals surface area contributed by atoms with Crippen molar-refractivity contribution in [3.05, 3.63) is 37.5 Å². The number of hydrogen-bond donors (Lipinski definition) is 1. The summed E-state index contributed by atoms with van der Waals surface area (Å²) in [5, 5.41) is 18.0. The predicted octanol–water partition coefficient (Wildman–Crippen LogP) is 2.74. The fraction of sp³-hybridized carbons (Fsp3) is 0.400. The Labute approximate surface area is 147 Å². The second-order valence-corrected chi connectivity index (χ2v) is 6.55. The molecular weight excluding hydrogens is 348 g/mol. The predicted molar refractivity (Wildman–Crippen MR) is 92.3 cm³/mol. The maximum atomic E-state index is 12.5. The van der Waals surface area contributed by atoms with Gasteiger partial charge in [-0.25, -0.2) is 4.79 Å². The van der Waals surface area contributed by atoms with Crippen LogP contribution in [0.2, 0.25) is 0 Å². The number of aromatic nitrogens is 2. The molecule has 0 aliphatic heterocycles. The van der Waals surface area contributed by atoms with Gasteiger partial charge in [0, 0.05) is 11.9 Å². The first kappa shape index (κ1) is 18.6. The Kier molecular flexibility index (Phi) is 5.21. The molecule has 0 aromatic carbocycles. The normalized spacial score (nSPS) is 10.6. The standard InChI is InChI=1S/C15H18N4O5S/c1-6-24-15(21)10-7(2)9(4)25-14(10)16-13(20)11-12(19(22)23)8(3)18(5)17-11/h6H2,1-5H3,(H,16,20). The molecule has 0 spiro atoms. The molecule has 10 heteroatoms. The van der Waals surface area contributed by atoms with Gasteiger partial charge in [0.2, 0.25) is 5.69 Å². The molecule has 0 bridgehead atoms. The average Bonchev–Trinajstić information content (AvgIpc) is 2.97. The summed E-state index contributed by atoms with van der Waals surface area (Å²) in [6, 6.07) is 0. The minimum absolute atomic E-state index is 0.200. The molecule has 134 valence electrons. The van der Waals surface area contributed by atoms with E-state index in [-0.39, 0.29) is 34.2 Å². The molecular formula is C15H18N4O5S. The molecule has 0 saturated carbocycles. The number of thiophene rings is 1. The summed E-state index contributed by atoms with van der Waals surface area (Å²) in [7, 11) is 1.52. The van der Waals surface area contributed by atoms with Gasteiger partial charge in [0.15, 0.2) is 0 Å². The molecule has 0 aliphatic carbocycles. The van der Waals surface area contributed by atoms with Gasteiger partial charge in [0.1, 0.15) is 10.7 Å². The van der Waals surface area contributed by atoms with Crippen molar-refractivity contribution in [2.75, 3.05) is 11.9 Å². The maximum absolute atomic E-state index is 12.5. The number of nitrogens with zero attached hydrogens (tertiary/aromatic N) is 3. The van der Waals surface area contributed by atoms with Crippen LogP contribution >= 0.6 is 11.3 Å². The number of amides is 1. The lowest BCUT2D eigenvalue weighted by atomic mass is 10.1. The first-order valence-corrected chi connectivity index (χ1v) is 8.27. The van der Waals surface area contributed by atoms with Crippen molar-refractivity contribution in [3.8, 4) is 0 Å². The number of nitrogens with one attached hydrogen (secondary N) is 1. The molecule has 2 rings (SSSR count). The SMILES string of the molecule is CCOC(=O)c1c(NC(=O)c2nn(C)c(C)c2[N+](=O)[O-])sc(C)c1C. The van der Waals surface area contributed by atoms with Gasteiger partial charge < -0.3 is 10.1 Å². The molecule has 0 radical (unpaired) electrons. The quantitative estimate of drug-likeness (QED) is 0.494. The summed E-state index contributed by atoms with van der Waals surface area (Å²) in [4.78, 5) is 36.1. The Morgan fingerprint density at radius 1 is 1.36 bits per heavy atom. The van der Waals surface area contributed by atoms with Gasteiger partial charge in [-0.1, -0.05) is 0 Å². The lowest BCUT2D eigenvalue weighted by molar-refractivity contribution is -0.385. The molecule has 0 unspecified atom stereocenters. The number of anilines is 1. The van der Waals surface area contributed by atoms with E-state index >= 15 is 0 Å². The molecule has 1 amide bonds. The highest BCUT2D eigenvalue weighted by molar-refractivity contribution is 7.16. The number of nitro groups is 1. The highest BCUT2D eigenvalue weighted by atomic mass is 32.1. The van der Waals surface area contributed by atoms with Crippen molar-refractivity contribution >= 4 is 33.9 Å². The number of ether oxygens (including phenoxy) is 1. The Bertz CT molecular complexity index is 868. The molecule has 9 nitrogen and oxygen atoms in total. The molecule has 0 aliphatic rings. The molecule has 0 atom stereocenters. The smallest absolute Gasteiger partial charge is 0.341 e. The Morgan fingerprint density at radius 3 is 2.56 bits per heavy atom. The monoisotopic (exact) mass is 366 g/mol. The zero-order chi connectivity index (χ0) is 18.9. The van der Waals surface area contributed by atoms with Crippen LogP contribution in [0.15, 0.2) is 0 Å². The van der Waals surface area contributed by atoms with Gasteiger partial charge in [-0.15, -0.1) is 11.3 Å². The third-order valence-electron chi connectivity index (χ3n) is 3.79. The van der Waals surface area contributed by atoms with E-state index in [0.29, 0.717) is 5.56 Å². The number of aryl methyl sites for hydroxylation is 2. The summed E-state index contributed by atoms with van der Waals surface area (Å²) >= 11 is 1.21. The van der Waals surface area contributed by atoms with E-state index in [1.54, 1.807) is 13.8 Å². The summed E-state index contributed by atoms with van der Waals surface area (Å²) in [5.41, 5.74) is 0.559. The van der Waals surface area contributed by atoms with E-state index in [9.17, 15) is 19.7 Å². The van der Waals surface area contributed by atoms with E-state index in [1.807, 2.05) is 6.92 Å². The summed E-state index contributed by atoms with van der Waals surface area (Å²) in [6.45, 7) is 6.95. The van der Waals surface area contributed by atoms with Gasteiger partial charge in [-0.05, 0) is 33.3 Å². The van der Waals surface area contributed by atoms with E-state index in [2.05, 4.69) is 10.4 Å². The van der Waals surface area contributed by atoms with Crippen molar-refractivity contribution in [3.63, 3.8) is 0 Å². The molecule has 2 aromatic rings. The Hall–Kier alpha value is -2.75. The number of esters is 1. The number of hydrogen-bond acceptors (Lipinski definition) is 7. The van der Waals surface area contributed by atoms with Crippen molar-refractivity contribution in [1.29, 1.82) is 0 Å². The highest BCUT2D eigenvalue weighted by Crippen LogP contribution is 2.34. The second-order valence-electron chi connectivity index (χ2n) is 5.33. The van der Waals surface area contributed by atoms with Crippen molar-refractivity contribution in [1.82, 2.24) is 9.78 Å². The lowest BCUT2D eigenvalue weighted by Gasteiger charge is -2.06. The molecule has 1 N–H and O–H groups in total. The van der Waals surface area contributed by atoms with E-state index in [0.717, 1.165) is 4.88 Å². The summed E-state index contributed by atoms with van der Waals surface area (Å²) in [6.07, 6.45) is 0. The fourth-order valence-corrected chi connectivity index (χ4v) is 3.34. The van der Waals surface area contributed by atoms with Crippen molar-refractivity contribution in [2.24, 2.45) is 7.05 Å². The van der Waals surface area contributed by atoms with Crippen LogP contribution in [0, 0.1) is 30.9 Å². The molecule has 2 aromatic heterocycles. The molecule has 0 saturated heterocycles. The van der Waals surface area contributed by atoms with Crippen LogP contribution < -0.4 is 5.32 Å². The molecule has 2 heterocycles. The van der Waals surface area contributed by atoms with Gasteiger partial charge in [-0.2, -0.15) is 5.10 Å². The summed E-state index contributed by atoms with van der Waals surface area (Å²) in [5.74, 6) is -1.30. The zero-order valence-electron chi connectivity index (χ0n) is 14.5.